The average Bonchev–Trinajstić information content (AvgIpc) is 2.82. The summed E-state index contributed by atoms with van der Waals surface area (Å²) in [6.07, 6.45) is 2.01. The Morgan fingerprint density at radius 2 is 1.85 bits per heavy atom. The zero-order valence-electron chi connectivity index (χ0n) is 19.2. The first-order valence-electron chi connectivity index (χ1n) is 10.5. The molecule has 2 aromatic carbocycles. The van der Waals surface area contributed by atoms with Crippen molar-refractivity contribution in [1.82, 2.24) is 0 Å². The minimum Gasteiger partial charge on any atom is -0.862 e. The number of anilines is 3. The molecule has 0 saturated carbocycles. The van der Waals surface area contributed by atoms with Crippen LogP contribution in [0, 0.1) is 13.8 Å². The van der Waals surface area contributed by atoms with Gasteiger partial charge >= 0.3 is 0 Å². The second-order valence-corrected chi connectivity index (χ2v) is 9.64. The van der Waals surface area contributed by atoms with Gasteiger partial charge in [0.15, 0.2) is 18.4 Å². The maximum absolute atomic E-state index is 13.1. The van der Waals surface area contributed by atoms with Gasteiger partial charge < -0.3 is 16.2 Å². The standard InChI is InChI=1S/C24H29N5O3S/c1-17-18(2)29(14-12-21(17)25)15-13-24(30)27-23-16-20(10-11-22(23)26-3)33(31,32)28(4)19-8-6-5-7-9-19/h5-12,14,16,25-26H,13,15H2,1-4H3,(H,27,30). The zero-order chi connectivity index (χ0) is 24.2. The zero-order valence-corrected chi connectivity index (χ0v) is 20.1. The summed E-state index contributed by atoms with van der Waals surface area (Å²) in [6, 6.07) is 15.1. The van der Waals surface area contributed by atoms with E-state index < -0.39 is 10.0 Å². The Bertz CT molecular complexity index is 1270. The van der Waals surface area contributed by atoms with Gasteiger partial charge in [-0.25, -0.2) is 13.0 Å². The number of nitrogen functional groups attached to an aromatic ring is 1. The summed E-state index contributed by atoms with van der Waals surface area (Å²) in [5, 5.41) is 15.6. The first kappa shape index (κ1) is 24.1. The van der Waals surface area contributed by atoms with E-state index in [1.165, 1.54) is 23.5 Å². The number of nitrogens with two attached hydrogens (primary N) is 1. The molecule has 1 heterocycles. The van der Waals surface area contributed by atoms with Gasteiger partial charge in [0.2, 0.25) is 0 Å². The first-order chi connectivity index (χ1) is 15.6. The van der Waals surface area contributed by atoms with E-state index in [9.17, 15) is 13.5 Å². The Hall–Kier alpha value is -3.59. The normalized spacial score (nSPS) is 11.9. The monoisotopic (exact) mass is 467 g/mol. The van der Waals surface area contributed by atoms with E-state index in [1.54, 1.807) is 43.4 Å². The predicted octanol–water partition coefficient (Wildman–Crippen LogP) is 2.52. The summed E-state index contributed by atoms with van der Waals surface area (Å²) < 4.78 is 29.4. The molecular formula is C24H29N5O3S. The molecule has 0 amide bonds. The van der Waals surface area contributed by atoms with Crippen LogP contribution in [0.25, 0.3) is 0 Å². The molecule has 1 aromatic heterocycles. The molecule has 0 bridgehead atoms. The van der Waals surface area contributed by atoms with Gasteiger partial charge in [-0.2, -0.15) is 0 Å². The van der Waals surface area contributed by atoms with Crippen molar-refractivity contribution in [1.29, 1.82) is 0 Å². The molecule has 0 saturated heterocycles. The highest BCUT2D eigenvalue weighted by Crippen LogP contribution is 2.30. The van der Waals surface area contributed by atoms with Crippen molar-refractivity contribution in [2.75, 3.05) is 29.5 Å². The van der Waals surface area contributed by atoms with E-state index >= 15 is 0 Å². The van der Waals surface area contributed by atoms with Crippen LogP contribution in [0.5, 0.6) is 0 Å². The van der Waals surface area contributed by atoms with Gasteiger partial charge in [0.25, 0.3) is 10.0 Å². The summed E-state index contributed by atoms with van der Waals surface area (Å²) >= 11 is 0. The van der Waals surface area contributed by atoms with Gasteiger partial charge in [-0.15, -0.1) is 0 Å². The van der Waals surface area contributed by atoms with Crippen molar-refractivity contribution < 1.29 is 18.1 Å². The van der Waals surface area contributed by atoms with E-state index in [0.29, 0.717) is 23.6 Å². The van der Waals surface area contributed by atoms with Crippen molar-refractivity contribution in [2.45, 2.75) is 31.7 Å². The van der Waals surface area contributed by atoms with Crippen molar-refractivity contribution in [3.8, 4) is 0 Å². The minimum atomic E-state index is -3.83. The summed E-state index contributed by atoms with van der Waals surface area (Å²) in [5.74, 6) is -0.348. The third-order valence-corrected chi connectivity index (χ3v) is 7.45. The third kappa shape index (κ3) is 5.25. The molecule has 3 N–H and O–H groups in total. The molecule has 174 valence electrons. The fourth-order valence-electron chi connectivity index (χ4n) is 3.39. The topological polar surface area (TPSA) is 115 Å². The number of sulfonamides is 1. The summed E-state index contributed by atoms with van der Waals surface area (Å²) in [5.41, 5.74) is 9.97. The van der Waals surface area contributed by atoms with Crippen molar-refractivity contribution in [2.24, 2.45) is 4.99 Å². The molecule has 33 heavy (non-hydrogen) atoms. The molecule has 0 aliphatic rings. The Morgan fingerprint density at radius 1 is 1.15 bits per heavy atom. The lowest BCUT2D eigenvalue weighted by Gasteiger charge is -2.20. The molecule has 0 atom stereocenters. The fraction of sp³-hybridized carbons (Fsp3) is 0.250. The number of benzene rings is 2. The van der Waals surface area contributed by atoms with Crippen LogP contribution in [0.15, 0.2) is 70.7 Å². The lowest BCUT2D eigenvalue weighted by Crippen LogP contribution is -2.40. The number of rotatable bonds is 8. The second-order valence-electron chi connectivity index (χ2n) is 7.67. The molecule has 0 spiro atoms. The van der Waals surface area contributed by atoms with Gasteiger partial charge in [-0.05, 0) is 43.2 Å². The van der Waals surface area contributed by atoms with Crippen molar-refractivity contribution in [3.63, 3.8) is 0 Å². The van der Waals surface area contributed by atoms with E-state index in [2.05, 4.69) is 10.3 Å². The number of nitrogens with zero attached hydrogens (tertiary/aromatic N) is 3. The number of aromatic nitrogens is 1. The maximum atomic E-state index is 13.1. The number of aryl methyl sites for hydroxylation is 1. The smallest absolute Gasteiger partial charge is 0.264 e. The Labute approximate surface area is 195 Å². The molecular weight excluding hydrogens is 438 g/mol. The minimum absolute atomic E-state index is 0.0544. The van der Waals surface area contributed by atoms with Gasteiger partial charge in [-0.1, -0.05) is 18.2 Å². The molecule has 0 fully saturated rings. The Kier molecular flexibility index (Phi) is 7.23. The number of aliphatic imine (C=N–C) groups is 1. The van der Waals surface area contributed by atoms with Crippen LogP contribution in [0.4, 0.5) is 22.7 Å². The SMILES string of the molecule is CNc1ccc(S(=O)(=O)N(C)c2ccccc2)cc1N=C([O-])CC[n+]1ccc(N)c(C)c1C. The molecule has 0 aliphatic heterocycles. The van der Waals surface area contributed by atoms with Gasteiger partial charge in [0.1, 0.15) is 0 Å². The average molecular weight is 468 g/mol. The van der Waals surface area contributed by atoms with Gasteiger partial charge in [0.05, 0.1) is 22.0 Å². The molecule has 0 aliphatic carbocycles. The van der Waals surface area contributed by atoms with Crippen molar-refractivity contribution in [3.05, 3.63) is 72.1 Å². The van der Waals surface area contributed by atoms with Crippen LogP contribution in [-0.2, 0) is 16.6 Å². The number of pyridine rings is 1. The fourth-order valence-corrected chi connectivity index (χ4v) is 4.61. The highest BCUT2D eigenvalue weighted by molar-refractivity contribution is 7.92. The number of nitrogens with one attached hydrogen (secondary N) is 1. The molecule has 0 unspecified atom stereocenters. The molecule has 9 heteroatoms. The van der Waals surface area contributed by atoms with E-state index in [0.717, 1.165) is 11.3 Å². The highest BCUT2D eigenvalue weighted by Gasteiger charge is 2.22. The van der Waals surface area contributed by atoms with E-state index in [4.69, 9.17) is 5.73 Å². The van der Waals surface area contributed by atoms with Crippen LogP contribution >= 0.6 is 0 Å². The van der Waals surface area contributed by atoms with Gasteiger partial charge in [-0.3, -0.25) is 9.30 Å². The van der Waals surface area contributed by atoms with Crippen molar-refractivity contribution >= 4 is 38.7 Å². The summed E-state index contributed by atoms with van der Waals surface area (Å²) in [7, 11) is -0.640. The molecule has 3 aromatic rings. The van der Waals surface area contributed by atoms with Gasteiger partial charge in [0, 0.05) is 44.8 Å². The van der Waals surface area contributed by atoms with E-state index in [1.807, 2.05) is 30.7 Å². The quantitative estimate of drug-likeness (QED) is 0.300. The molecule has 8 nitrogen and oxygen atoms in total. The first-order valence-corrected chi connectivity index (χ1v) is 11.9. The Morgan fingerprint density at radius 3 is 2.52 bits per heavy atom. The highest BCUT2D eigenvalue weighted by atomic mass is 32.2. The van der Waals surface area contributed by atoms with Crippen LogP contribution < -0.4 is 25.0 Å². The van der Waals surface area contributed by atoms with E-state index in [-0.39, 0.29) is 22.9 Å². The lowest BCUT2D eigenvalue weighted by molar-refractivity contribution is -0.702. The maximum Gasteiger partial charge on any atom is 0.264 e. The number of hydrogen-bond acceptors (Lipinski definition) is 6. The molecule has 0 radical (unpaired) electrons. The Balaban J connectivity index is 1.87. The third-order valence-electron chi connectivity index (χ3n) is 5.67. The van der Waals surface area contributed by atoms with Crippen LogP contribution in [0.3, 0.4) is 0 Å². The summed E-state index contributed by atoms with van der Waals surface area (Å²) in [6.45, 7) is 4.33. The van der Waals surface area contributed by atoms with Crippen LogP contribution in [-0.4, -0.2) is 28.4 Å². The number of hydrogen-bond donors (Lipinski definition) is 2. The summed E-state index contributed by atoms with van der Waals surface area (Å²) in [4.78, 5) is 4.25. The predicted molar refractivity (Wildman–Crippen MR) is 130 cm³/mol. The lowest BCUT2D eigenvalue weighted by atomic mass is 10.2. The second kappa shape index (κ2) is 9.91. The number of para-hydroxylation sites is 1. The largest absolute Gasteiger partial charge is 0.862 e. The van der Waals surface area contributed by atoms with Crippen LogP contribution in [0.2, 0.25) is 0 Å². The van der Waals surface area contributed by atoms with Crippen LogP contribution in [0.1, 0.15) is 17.7 Å². The molecule has 3 rings (SSSR count).